The topological polar surface area (TPSA) is 49.9 Å². The number of rotatable bonds is 4. The molecule has 0 aliphatic rings. The maximum absolute atomic E-state index is 11.8. The summed E-state index contributed by atoms with van der Waals surface area (Å²) >= 11 is 0. The van der Waals surface area contributed by atoms with Crippen molar-refractivity contribution >= 4 is 23.0 Å². The first-order chi connectivity index (χ1) is 7.70. The molecule has 16 heavy (non-hydrogen) atoms. The maximum Gasteiger partial charge on any atom is 0.179 e. The molecule has 1 aromatic carbocycles. The van der Waals surface area contributed by atoms with E-state index in [1.165, 1.54) is 0 Å². The predicted molar refractivity (Wildman–Crippen MR) is 62.5 cm³/mol. The third kappa shape index (κ3) is 2.03. The van der Waals surface area contributed by atoms with Crippen LogP contribution in [0.5, 0.6) is 0 Å². The molecule has 82 valence electrons. The molecule has 0 amide bonds. The number of aromatic nitrogens is 1. The zero-order valence-corrected chi connectivity index (χ0v) is 9.07. The highest BCUT2D eigenvalue weighted by molar-refractivity contribution is 6.00. The number of carbonyl (C=O) groups is 2. The van der Waals surface area contributed by atoms with E-state index in [0.29, 0.717) is 5.69 Å². The van der Waals surface area contributed by atoms with Crippen LogP contribution in [0.2, 0.25) is 0 Å². The fourth-order valence-electron chi connectivity index (χ4n) is 1.67. The normalized spacial score (nSPS) is 12.6. The number of Topliss-reactive ketones (excluding diaryl/α,β-unsaturated/α-hetero) is 1. The van der Waals surface area contributed by atoms with Crippen LogP contribution < -0.4 is 0 Å². The van der Waals surface area contributed by atoms with Crippen molar-refractivity contribution in [3.05, 3.63) is 36.0 Å². The molecule has 0 spiro atoms. The number of benzene rings is 1. The van der Waals surface area contributed by atoms with Crippen molar-refractivity contribution < 1.29 is 9.59 Å². The Balaban J connectivity index is 2.26. The Bertz CT molecular complexity index is 494. The minimum Gasteiger partial charge on any atom is -0.352 e. The summed E-state index contributed by atoms with van der Waals surface area (Å²) in [6.45, 7) is 1.74. The molecule has 0 fully saturated rings. The fraction of sp³-hybridized carbons (Fsp3) is 0.231. The highest BCUT2D eigenvalue weighted by Gasteiger charge is 2.12. The SMILES string of the molecule is CC(C=O)CC(=O)c1cc2ccccc2[nH]1. The molecule has 0 radical (unpaired) electrons. The lowest BCUT2D eigenvalue weighted by Crippen LogP contribution is -2.07. The van der Waals surface area contributed by atoms with Gasteiger partial charge in [-0.1, -0.05) is 25.1 Å². The van der Waals surface area contributed by atoms with Crippen molar-refractivity contribution in [1.82, 2.24) is 4.98 Å². The van der Waals surface area contributed by atoms with Gasteiger partial charge in [0.15, 0.2) is 5.78 Å². The van der Waals surface area contributed by atoms with Gasteiger partial charge in [-0.05, 0) is 12.1 Å². The largest absolute Gasteiger partial charge is 0.352 e. The predicted octanol–water partition coefficient (Wildman–Crippen LogP) is 2.58. The van der Waals surface area contributed by atoms with Crippen molar-refractivity contribution in [1.29, 1.82) is 0 Å². The molecule has 1 atom stereocenters. The van der Waals surface area contributed by atoms with Gasteiger partial charge in [0.2, 0.25) is 0 Å². The lowest BCUT2D eigenvalue weighted by Gasteiger charge is -1.99. The minimum atomic E-state index is -0.223. The Morgan fingerprint density at radius 3 is 2.88 bits per heavy atom. The number of carbonyl (C=O) groups excluding carboxylic acids is 2. The molecular formula is C13H13NO2. The van der Waals surface area contributed by atoms with E-state index in [1.54, 1.807) is 6.92 Å². The van der Waals surface area contributed by atoms with Gasteiger partial charge in [0.05, 0.1) is 5.69 Å². The molecule has 1 unspecified atom stereocenters. The van der Waals surface area contributed by atoms with Crippen LogP contribution in [-0.4, -0.2) is 17.1 Å². The Hall–Kier alpha value is -1.90. The van der Waals surface area contributed by atoms with E-state index in [1.807, 2.05) is 30.3 Å². The lowest BCUT2D eigenvalue weighted by molar-refractivity contribution is -0.110. The summed E-state index contributed by atoms with van der Waals surface area (Å²) in [4.78, 5) is 25.3. The number of H-pyrrole nitrogens is 1. The summed E-state index contributed by atoms with van der Waals surface area (Å²) in [6, 6.07) is 9.55. The first-order valence-corrected chi connectivity index (χ1v) is 5.27. The molecule has 0 aliphatic heterocycles. The Morgan fingerprint density at radius 1 is 1.44 bits per heavy atom. The van der Waals surface area contributed by atoms with E-state index in [4.69, 9.17) is 0 Å². The quantitative estimate of drug-likeness (QED) is 0.629. The Kier molecular flexibility index (Phi) is 2.86. The average Bonchev–Trinajstić information content (AvgIpc) is 2.72. The highest BCUT2D eigenvalue weighted by Crippen LogP contribution is 2.16. The van der Waals surface area contributed by atoms with Gasteiger partial charge in [0.25, 0.3) is 0 Å². The van der Waals surface area contributed by atoms with Crippen LogP contribution in [0.4, 0.5) is 0 Å². The van der Waals surface area contributed by atoms with Gasteiger partial charge >= 0.3 is 0 Å². The Labute approximate surface area is 93.5 Å². The van der Waals surface area contributed by atoms with Crippen LogP contribution >= 0.6 is 0 Å². The molecule has 0 aliphatic carbocycles. The van der Waals surface area contributed by atoms with Gasteiger partial charge < -0.3 is 9.78 Å². The smallest absolute Gasteiger partial charge is 0.179 e. The van der Waals surface area contributed by atoms with E-state index in [0.717, 1.165) is 17.2 Å². The van der Waals surface area contributed by atoms with Crippen molar-refractivity contribution in [2.75, 3.05) is 0 Å². The van der Waals surface area contributed by atoms with Crippen LogP contribution in [0.25, 0.3) is 10.9 Å². The summed E-state index contributed by atoms with van der Waals surface area (Å²) < 4.78 is 0. The fourth-order valence-corrected chi connectivity index (χ4v) is 1.67. The zero-order chi connectivity index (χ0) is 11.5. The van der Waals surface area contributed by atoms with E-state index in [9.17, 15) is 9.59 Å². The van der Waals surface area contributed by atoms with E-state index < -0.39 is 0 Å². The first kappa shape index (κ1) is 10.6. The summed E-state index contributed by atoms with van der Waals surface area (Å²) in [5.74, 6) is -0.241. The van der Waals surface area contributed by atoms with Gasteiger partial charge in [0, 0.05) is 23.2 Å². The molecule has 0 saturated heterocycles. The van der Waals surface area contributed by atoms with Gasteiger partial charge in [-0.2, -0.15) is 0 Å². The van der Waals surface area contributed by atoms with Crippen LogP contribution in [0.15, 0.2) is 30.3 Å². The maximum atomic E-state index is 11.8. The van der Waals surface area contributed by atoms with Crippen molar-refractivity contribution in [2.24, 2.45) is 5.92 Å². The van der Waals surface area contributed by atoms with Gasteiger partial charge in [-0.15, -0.1) is 0 Å². The molecule has 0 saturated carbocycles. The molecule has 3 heteroatoms. The van der Waals surface area contributed by atoms with Crippen molar-refractivity contribution in [3.8, 4) is 0 Å². The number of aldehydes is 1. The summed E-state index contributed by atoms with van der Waals surface area (Å²) in [6.07, 6.45) is 1.07. The number of hydrogen-bond donors (Lipinski definition) is 1. The van der Waals surface area contributed by atoms with Gasteiger partial charge in [-0.25, -0.2) is 0 Å². The molecule has 2 rings (SSSR count). The van der Waals surface area contributed by atoms with Crippen LogP contribution in [-0.2, 0) is 4.79 Å². The summed E-state index contributed by atoms with van der Waals surface area (Å²) in [7, 11) is 0. The van der Waals surface area contributed by atoms with E-state index in [2.05, 4.69) is 4.98 Å². The Morgan fingerprint density at radius 2 is 2.19 bits per heavy atom. The van der Waals surface area contributed by atoms with Crippen molar-refractivity contribution in [2.45, 2.75) is 13.3 Å². The second-order valence-corrected chi connectivity index (χ2v) is 4.01. The third-order valence-electron chi connectivity index (χ3n) is 2.57. The summed E-state index contributed by atoms with van der Waals surface area (Å²) in [5, 5.41) is 1.02. The summed E-state index contributed by atoms with van der Waals surface area (Å²) in [5.41, 5.74) is 1.53. The van der Waals surface area contributed by atoms with Crippen LogP contribution in [0.3, 0.4) is 0 Å². The number of para-hydroxylation sites is 1. The average molecular weight is 215 g/mol. The number of aromatic amines is 1. The standard InChI is InChI=1S/C13H13NO2/c1-9(8-15)6-13(16)12-7-10-4-2-3-5-11(10)14-12/h2-5,7-9,14H,6H2,1H3. The van der Waals surface area contributed by atoms with Gasteiger partial charge in [-0.3, -0.25) is 4.79 Å². The lowest BCUT2D eigenvalue weighted by atomic mass is 10.0. The zero-order valence-electron chi connectivity index (χ0n) is 9.07. The van der Waals surface area contributed by atoms with Crippen molar-refractivity contribution in [3.63, 3.8) is 0 Å². The molecule has 2 aromatic rings. The van der Waals surface area contributed by atoms with E-state index >= 15 is 0 Å². The number of nitrogens with one attached hydrogen (secondary N) is 1. The molecule has 1 N–H and O–H groups in total. The molecular weight excluding hydrogens is 202 g/mol. The number of ketones is 1. The highest BCUT2D eigenvalue weighted by atomic mass is 16.1. The third-order valence-corrected chi connectivity index (χ3v) is 2.57. The van der Waals surface area contributed by atoms with Crippen LogP contribution in [0, 0.1) is 5.92 Å². The molecule has 3 nitrogen and oxygen atoms in total. The number of fused-ring (bicyclic) bond motifs is 1. The monoisotopic (exact) mass is 215 g/mol. The first-order valence-electron chi connectivity index (χ1n) is 5.27. The van der Waals surface area contributed by atoms with Crippen LogP contribution in [0.1, 0.15) is 23.8 Å². The molecule has 0 bridgehead atoms. The minimum absolute atomic E-state index is 0.0178. The molecule has 1 aromatic heterocycles. The second-order valence-electron chi connectivity index (χ2n) is 4.01. The van der Waals surface area contributed by atoms with E-state index in [-0.39, 0.29) is 18.1 Å². The molecule has 1 heterocycles. The second kappa shape index (κ2) is 4.31. The number of hydrogen-bond acceptors (Lipinski definition) is 2. The van der Waals surface area contributed by atoms with Gasteiger partial charge in [0.1, 0.15) is 6.29 Å².